The van der Waals surface area contributed by atoms with Gasteiger partial charge in [0.05, 0.1) is 14.9 Å². The molecule has 1 aliphatic rings. The van der Waals surface area contributed by atoms with Crippen molar-refractivity contribution >= 4 is 27.5 Å². The van der Waals surface area contributed by atoms with Crippen LogP contribution in [0.15, 0.2) is 22.7 Å². The van der Waals surface area contributed by atoms with Crippen LogP contribution in [0.4, 0.5) is 5.69 Å². The van der Waals surface area contributed by atoms with Gasteiger partial charge in [-0.3, -0.25) is 19.8 Å². The van der Waals surface area contributed by atoms with Gasteiger partial charge in [0.25, 0.3) is 5.69 Å². The molecule has 1 fully saturated rings. The molecule has 1 amide bonds. The lowest BCUT2D eigenvalue weighted by Gasteiger charge is -2.41. The van der Waals surface area contributed by atoms with E-state index in [1.54, 1.807) is 6.07 Å². The van der Waals surface area contributed by atoms with Crippen molar-refractivity contribution in [3.63, 3.8) is 0 Å². The van der Waals surface area contributed by atoms with Crippen LogP contribution in [0.3, 0.4) is 0 Å². The van der Waals surface area contributed by atoms with Crippen molar-refractivity contribution in [2.24, 2.45) is 0 Å². The third-order valence-electron chi connectivity index (χ3n) is 3.63. The summed E-state index contributed by atoms with van der Waals surface area (Å²) in [6, 6.07) is 4.95. The van der Waals surface area contributed by atoms with Crippen LogP contribution in [0.25, 0.3) is 0 Å². The molecule has 6 nitrogen and oxygen atoms in total. The zero-order chi connectivity index (χ0) is 14.9. The summed E-state index contributed by atoms with van der Waals surface area (Å²) < 4.78 is 0.479. The summed E-state index contributed by atoms with van der Waals surface area (Å²) in [5.74, 6) is -0.0229. The first-order valence-corrected chi connectivity index (χ1v) is 7.08. The highest BCUT2D eigenvalue weighted by atomic mass is 79.9. The lowest BCUT2D eigenvalue weighted by atomic mass is 9.98. The number of halogens is 1. The van der Waals surface area contributed by atoms with Crippen LogP contribution in [0.2, 0.25) is 0 Å². The number of carbonyl (C=O) groups excluding carboxylic acids is 1. The van der Waals surface area contributed by atoms with Crippen LogP contribution in [0, 0.1) is 10.1 Å². The van der Waals surface area contributed by atoms with Crippen LogP contribution < -0.4 is 5.32 Å². The number of nitrogens with one attached hydrogen (secondary N) is 1. The van der Waals surface area contributed by atoms with Crippen molar-refractivity contribution < 1.29 is 9.72 Å². The van der Waals surface area contributed by atoms with E-state index in [0.29, 0.717) is 24.1 Å². The Morgan fingerprint density at radius 1 is 1.50 bits per heavy atom. The maximum Gasteiger partial charge on any atom is 0.283 e. The second-order valence-corrected chi connectivity index (χ2v) is 6.04. The fraction of sp³-hybridized carbons (Fsp3) is 0.462. The van der Waals surface area contributed by atoms with Gasteiger partial charge in [-0.15, -0.1) is 0 Å². The van der Waals surface area contributed by atoms with Gasteiger partial charge in [-0.05, 0) is 35.3 Å². The number of benzene rings is 1. The highest BCUT2D eigenvalue weighted by molar-refractivity contribution is 9.10. The van der Waals surface area contributed by atoms with Gasteiger partial charge in [0.2, 0.25) is 5.91 Å². The van der Waals surface area contributed by atoms with E-state index in [2.05, 4.69) is 21.2 Å². The maximum absolute atomic E-state index is 11.9. The Morgan fingerprint density at radius 2 is 2.20 bits per heavy atom. The molecule has 20 heavy (non-hydrogen) atoms. The molecule has 0 saturated carbocycles. The number of nitro groups is 1. The molecule has 2 rings (SSSR count). The third-order valence-corrected chi connectivity index (χ3v) is 4.55. The first-order chi connectivity index (χ1) is 9.34. The highest BCUT2D eigenvalue weighted by Crippen LogP contribution is 2.31. The Bertz CT molecular complexity index is 560. The fourth-order valence-corrected chi connectivity index (χ4v) is 2.79. The number of nitro benzene ring substituents is 1. The molecule has 1 heterocycles. The molecular formula is C13H16BrN3O3. The van der Waals surface area contributed by atoms with Crippen LogP contribution in [-0.4, -0.2) is 34.4 Å². The predicted octanol–water partition coefficient (Wildman–Crippen LogP) is 2.07. The van der Waals surface area contributed by atoms with Gasteiger partial charge in [-0.2, -0.15) is 0 Å². The van der Waals surface area contributed by atoms with Crippen LogP contribution in [0.1, 0.15) is 19.4 Å². The summed E-state index contributed by atoms with van der Waals surface area (Å²) in [6.07, 6.45) is 0. The van der Waals surface area contributed by atoms with Crippen LogP contribution in [-0.2, 0) is 11.3 Å². The van der Waals surface area contributed by atoms with Crippen LogP contribution in [0.5, 0.6) is 0 Å². The smallest absolute Gasteiger partial charge is 0.283 e. The van der Waals surface area contributed by atoms with Crippen molar-refractivity contribution in [1.82, 2.24) is 10.2 Å². The normalized spacial score (nSPS) is 18.6. The summed E-state index contributed by atoms with van der Waals surface area (Å²) in [5.41, 5.74) is 0.228. The summed E-state index contributed by atoms with van der Waals surface area (Å²) in [4.78, 5) is 24.5. The summed E-state index contributed by atoms with van der Waals surface area (Å²) in [7, 11) is 0. The molecule has 0 unspecified atom stereocenters. The number of carbonyl (C=O) groups is 1. The van der Waals surface area contributed by atoms with Crippen LogP contribution >= 0.6 is 15.9 Å². The molecular weight excluding hydrogens is 326 g/mol. The second-order valence-electron chi connectivity index (χ2n) is 5.24. The Kier molecular flexibility index (Phi) is 4.10. The molecule has 0 radical (unpaired) electrons. The van der Waals surface area contributed by atoms with Gasteiger partial charge in [-0.1, -0.05) is 12.1 Å². The van der Waals surface area contributed by atoms with Gasteiger partial charge < -0.3 is 5.32 Å². The van der Waals surface area contributed by atoms with Crippen molar-refractivity contribution in [2.75, 3.05) is 13.1 Å². The molecule has 0 atom stereocenters. The van der Waals surface area contributed by atoms with E-state index in [4.69, 9.17) is 0 Å². The molecule has 1 aliphatic heterocycles. The van der Waals surface area contributed by atoms with E-state index in [0.717, 1.165) is 5.56 Å². The number of hydrogen-bond donors (Lipinski definition) is 1. The third kappa shape index (κ3) is 2.69. The largest absolute Gasteiger partial charge is 0.353 e. The van der Waals surface area contributed by atoms with E-state index in [1.165, 1.54) is 6.07 Å². The lowest BCUT2D eigenvalue weighted by Crippen LogP contribution is -2.61. The molecule has 108 valence electrons. The van der Waals surface area contributed by atoms with E-state index < -0.39 is 10.5 Å². The standard InChI is InChI=1S/C13H16BrN3O3/c1-13(2)12(18)15-6-7-16(13)8-9-4-3-5-10(11(9)14)17(19)20/h3-5H,6-8H2,1-2H3,(H,15,18). The van der Waals surface area contributed by atoms with Crippen molar-refractivity contribution in [3.05, 3.63) is 38.3 Å². The number of hydrogen-bond acceptors (Lipinski definition) is 4. The topological polar surface area (TPSA) is 75.5 Å². The number of rotatable bonds is 3. The number of amides is 1. The Hall–Kier alpha value is -1.47. The van der Waals surface area contributed by atoms with Crippen molar-refractivity contribution in [3.8, 4) is 0 Å². The lowest BCUT2D eigenvalue weighted by molar-refractivity contribution is -0.385. The van der Waals surface area contributed by atoms with E-state index in [1.807, 2.05) is 24.8 Å². The minimum absolute atomic E-state index is 0.0229. The SMILES string of the molecule is CC1(C)C(=O)NCCN1Cc1cccc([N+](=O)[O-])c1Br. The quantitative estimate of drug-likeness (QED) is 0.674. The van der Waals surface area contributed by atoms with Crippen molar-refractivity contribution in [2.45, 2.75) is 25.9 Å². The average molecular weight is 342 g/mol. The van der Waals surface area contributed by atoms with Gasteiger partial charge >= 0.3 is 0 Å². The summed E-state index contributed by atoms with van der Waals surface area (Å²) in [6.45, 7) is 5.50. The summed E-state index contributed by atoms with van der Waals surface area (Å²) >= 11 is 3.29. The minimum atomic E-state index is -0.623. The molecule has 1 aromatic carbocycles. The zero-order valence-electron chi connectivity index (χ0n) is 11.4. The van der Waals surface area contributed by atoms with Gasteiger partial charge in [-0.25, -0.2) is 0 Å². The van der Waals surface area contributed by atoms with E-state index in [-0.39, 0.29) is 11.6 Å². The first-order valence-electron chi connectivity index (χ1n) is 6.29. The van der Waals surface area contributed by atoms with Crippen molar-refractivity contribution in [1.29, 1.82) is 0 Å². The molecule has 0 spiro atoms. The van der Waals surface area contributed by atoms with Gasteiger partial charge in [0.15, 0.2) is 0 Å². The molecule has 7 heteroatoms. The van der Waals surface area contributed by atoms with Gasteiger partial charge in [0.1, 0.15) is 0 Å². The molecule has 1 saturated heterocycles. The second kappa shape index (κ2) is 5.49. The number of nitrogens with zero attached hydrogens (tertiary/aromatic N) is 2. The zero-order valence-corrected chi connectivity index (χ0v) is 12.9. The molecule has 0 bridgehead atoms. The highest BCUT2D eigenvalue weighted by Gasteiger charge is 2.37. The van der Waals surface area contributed by atoms with E-state index >= 15 is 0 Å². The Labute approximate surface area is 125 Å². The molecule has 1 aromatic rings. The average Bonchev–Trinajstić information content (AvgIpc) is 2.37. The Balaban J connectivity index is 2.28. The predicted molar refractivity (Wildman–Crippen MR) is 78.3 cm³/mol. The van der Waals surface area contributed by atoms with Gasteiger partial charge in [0, 0.05) is 25.7 Å². The first kappa shape index (κ1) is 14.9. The Morgan fingerprint density at radius 3 is 2.85 bits per heavy atom. The molecule has 0 aliphatic carbocycles. The summed E-state index contributed by atoms with van der Waals surface area (Å²) in [5, 5.41) is 13.8. The molecule has 0 aromatic heterocycles. The maximum atomic E-state index is 11.9. The fourth-order valence-electron chi connectivity index (χ4n) is 2.26. The molecule has 1 N–H and O–H groups in total. The van der Waals surface area contributed by atoms with E-state index in [9.17, 15) is 14.9 Å². The number of piperazine rings is 1. The minimum Gasteiger partial charge on any atom is -0.353 e. The monoisotopic (exact) mass is 341 g/mol.